The molecular weight excluding hydrogens is 184 g/mol. The van der Waals surface area contributed by atoms with Gasteiger partial charge in [-0.05, 0) is 37.3 Å². The largest absolute Gasteiger partial charge is 0.350 e. The fraction of sp³-hybridized carbons (Fsp3) is 0.692. The molecule has 1 N–H and O–H groups in total. The minimum atomic E-state index is 0.739. The van der Waals surface area contributed by atoms with Crippen molar-refractivity contribution in [3.05, 3.63) is 23.5 Å². The van der Waals surface area contributed by atoms with Crippen LogP contribution in [0.4, 0.5) is 0 Å². The molecule has 0 spiro atoms. The molecule has 1 heterocycles. The van der Waals surface area contributed by atoms with E-state index in [0.717, 1.165) is 18.5 Å². The first kappa shape index (κ1) is 10.7. The summed E-state index contributed by atoms with van der Waals surface area (Å²) in [6.07, 6.45) is 3.91. The predicted octanol–water partition coefficient (Wildman–Crippen LogP) is 2.48. The predicted molar refractivity (Wildman–Crippen MR) is 63.8 cm³/mol. The van der Waals surface area contributed by atoms with Gasteiger partial charge in [-0.15, -0.1) is 0 Å². The Morgan fingerprint density at radius 3 is 2.60 bits per heavy atom. The number of nitrogens with zero attached hydrogens (tertiary/aromatic N) is 1. The number of hydrogen-bond donors (Lipinski definition) is 1. The Hall–Kier alpha value is -0.760. The summed E-state index contributed by atoms with van der Waals surface area (Å²) < 4.78 is 2.34. The van der Waals surface area contributed by atoms with E-state index in [9.17, 15) is 0 Å². The van der Waals surface area contributed by atoms with Crippen molar-refractivity contribution in [2.45, 2.75) is 45.7 Å². The third-order valence-corrected chi connectivity index (χ3v) is 3.10. The van der Waals surface area contributed by atoms with Gasteiger partial charge in [0, 0.05) is 31.0 Å². The van der Waals surface area contributed by atoms with E-state index in [4.69, 9.17) is 0 Å². The van der Waals surface area contributed by atoms with Gasteiger partial charge in [-0.1, -0.05) is 13.8 Å². The lowest BCUT2D eigenvalue weighted by Crippen LogP contribution is -2.17. The summed E-state index contributed by atoms with van der Waals surface area (Å²) >= 11 is 0. The highest BCUT2D eigenvalue weighted by atomic mass is 15.0. The van der Waals surface area contributed by atoms with Crippen molar-refractivity contribution >= 4 is 0 Å². The van der Waals surface area contributed by atoms with Crippen molar-refractivity contribution < 1.29 is 0 Å². The number of rotatable bonds is 5. The molecule has 0 aliphatic heterocycles. The van der Waals surface area contributed by atoms with Crippen LogP contribution < -0.4 is 5.32 Å². The van der Waals surface area contributed by atoms with Crippen molar-refractivity contribution in [1.29, 1.82) is 0 Å². The minimum Gasteiger partial charge on any atom is -0.350 e. The topological polar surface area (TPSA) is 17.0 Å². The Labute approximate surface area is 92.7 Å². The molecule has 1 fully saturated rings. The highest BCUT2D eigenvalue weighted by Crippen LogP contribution is 2.20. The molecular formula is C13H22N2. The second kappa shape index (κ2) is 4.40. The molecule has 0 amide bonds. The van der Waals surface area contributed by atoms with Gasteiger partial charge in [0.1, 0.15) is 0 Å². The van der Waals surface area contributed by atoms with E-state index in [1.54, 1.807) is 0 Å². The molecule has 0 radical (unpaired) electrons. The average molecular weight is 206 g/mol. The molecule has 15 heavy (non-hydrogen) atoms. The number of aromatic nitrogens is 1. The van der Waals surface area contributed by atoms with Gasteiger partial charge < -0.3 is 9.88 Å². The zero-order chi connectivity index (χ0) is 10.8. The molecule has 2 heteroatoms. The van der Waals surface area contributed by atoms with Gasteiger partial charge in [0.05, 0.1) is 0 Å². The van der Waals surface area contributed by atoms with Crippen LogP contribution in [0.5, 0.6) is 0 Å². The van der Waals surface area contributed by atoms with Gasteiger partial charge in [-0.2, -0.15) is 0 Å². The maximum Gasteiger partial charge on any atom is 0.0361 e. The molecule has 2 rings (SSSR count). The second-order valence-electron chi connectivity index (χ2n) is 5.13. The summed E-state index contributed by atoms with van der Waals surface area (Å²) in [5.41, 5.74) is 2.87. The van der Waals surface area contributed by atoms with Crippen LogP contribution in [-0.4, -0.2) is 10.6 Å². The molecule has 0 atom stereocenters. The standard InChI is InChI=1S/C13H22N2/c1-10(2)8-12-6-7-13(15(12)3)9-14-11-4-5-11/h6-7,10-11,14H,4-5,8-9H2,1-3H3. The molecule has 0 aromatic carbocycles. The highest BCUT2D eigenvalue weighted by Gasteiger charge is 2.20. The number of nitrogens with one attached hydrogen (secondary N) is 1. The van der Waals surface area contributed by atoms with Gasteiger partial charge in [0.2, 0.25) is 0 Å². The van der Waals surface area contributed by atoms with E-state index in [2.05, 4.69) is 42.9 Å². The summed E-state index contributed by atoms with van der Waals surface area (Å²) in [5.74, 6) is 0.739. The first-order valence-corrected chi connectivity index (χ1v) is 6.03. The molecule has 0 bridgehead atoms. The number of hydrogen-bond acceptors (Lipinski definition) is 1. The van der Waals surface area contributed by atoms with E-state index in [1.807, 2.05) is 0 Å². The van der Waals surface area contributed by atoms with E-state index in [1.165, 1.54) is 30.7 Å². The van der Waals surface area contributed by atoms with Crippen molar-refractivity contribution in [1.82, 2.24) is 9.88 Å². The highest BCUT2D eigenvalue weighted by molar-refractivity contribution is 5.16. The fourth-order valence-electron chi connectivity index (χ4n) is 1.94. The Balaban J connectivity index is 1.95. The molecule has 1 aromatic heterocycles. The maximum absolute atomic E-state index is 3.56. The summed E-state index contributed by atoms with van der Waals surface area (Å²) in [6.45, 7) is 5.57. The van der Waals surface area contributed by atoms with Gasteiger partial charge >= 0.3 is 0 Å². The Morgan fingerprint density at radius 1 is 1.33 bits per heavy atom. The van der Waals surface area contributed by atoms with E-state index >= 15 is 0 Å². The lowest BCUT2D eigenvalue weighted by atomic mass is 10.1. The molecule has 1 aliphatic rings. The molecule has 1 saturated carbocycles. The van der Waals surface area contributed by atoms with Crippen LogP contribution in [0, 0.1) is 5.92 Å². The molecule has 0 saturated heterocycles. The summed E-state index contributed by atoms with van der Waals surface area (Å²) in [6, 6.07) is 5.32. The zero-order valence-electron chi connectivity index (χ0n) is 10.1. The quantitative estimate of drug-likeness (QED) is 0.783. The average Bonchev–Trinajstić information content (AvgIpc) is 2.93. The first-order valence-electron chi connectivity index (χ1n) is 6.03. The lowest BCUT2D eigenvalue weighted by molar-refractivity contribution is 0.596. The second-order valence-corrected chi connectivity index (χ2v) is 5.13. The van der Waals surface area contributed by atoms with Crippen molar-refractivity contribution in [3.8, 4) is 0 Å². The van der Waals surface area contributed by atoms with Gasteiger partial charge in [-0.25, -0.2) is 0 Å². The van der Waals surface area contributed by atoms with Crippen LogP contribution in [0.3, 0.4) is 0 Å². The van der Waals surface area contributed by atoms with Gasteiger partial charge in [0.15, 0.2) is 0 Å². The third-order valence-electron chi connectivity index (χ3n) is 3.10. The Morgan fingerprint density at radius 2 is 2.00 bits per heavy atom. The lowest BCUT2D eigenvalue weighted by Gasteiger charge is -2.10. The monoisotopic (exact) mass is 206 g/mol. The van der Waals surface area contributed by atoms with Crippen LogP contribution in [0.25, 0.3) is 0 Å². The maximum atomic E-state index is 3.56. The van der Waals surface area contributed by atoms with Crippen LogP contribution in [-0.2, 0) is 20.0 Å². The third kappa shape index (κ3) is 2.85. The van der Waals surface area contributed by atoms with E-state index < -0.39 is 0 Å². The molecule has 2 nitrogen and oxygen atoms in total. The van der Waals surface area contributed by atoms with Crippen molar-refractivity contribution in [3.63, 3.8) is 0 Å². The van der Waals surface area contributed by atoms with Crippen LogP contribution in [0.2, 0.25) is 0 Å². The molecule has 0 unspecified atom stereocenters. The smallest absolute Gasteiger partial charge is 0.0361 e. The molecule has 84 valence electrons. The van der Waals surface area contributed by atoms with Gasteiger partial charge in [-0.3, -0.25) is 0 Å². The zero-order valence-corrected chi connectivity index (χ0v) is 10.1. The normalized spacial score (nSPS) is 16.3. The van der Waals surface area contributed by atoms with Crippen molar-refractivity contribution in [2.75, 3.05) is 0 Å². The Bertz CT molecular complexity index is 321. The summed E-state index contributed by atoms with van der Waals surface area (Å²) in [5, 5.41) is 3.56. The minimum absolute atomic E-state index is 0.739. The van der Waals surface area contributed by atoms with E-state index in [0.29, 0.717) is 0 Å². The fourth-order valence-corrected chi connectivity index (χ4v) is 1.94. The Kier molecular flexibility index (Phi) is 3.15. The molecule has 1 aliphatic carbocycles. The van der Waals surface area contributed by atoms with Crippen molar-refractivity contribution in [2.24, 2.45) is 13.0 Å². The first-order chi connectivity index (χ1) is 7.16. The summed E-state index contributed by atoms with van der Waals surface area (Å²) in [7, 11) is 2.18. The summed E-state index contributed by atoms with van der Waals surface area (Å²) in [4.78, 5) is 0. The van der Waals surface area contributed by atoms with Crippen LogP contribution in [0.15, 0.2) is 12.1 Å². The van der Waals surface area contributed by atoms with Gasteiger partial charge in [0.25, 0.3) is 0 Å². The SMILES string of the molecule is CC(C)Cc1ccc(CNC2CC2)n1C. The van der Waals surface area contributed by atoms with E-state index in [-0.39, 0.29) is 0 Å². The van der Waals surface area contributed by atoms with Crippen LogP contribution >= 0.6 is 0 Å². The van der Waals surface area contributed by atoms with Crippen LogP contribution in [0.1, 0.15) is 38.1 Å². The molecule has 1 aromatic rings.